The number of rotatable bonds is 3. The maximum absolute atomic E-state index is 13.1. The molecule has 0 spiro atoms. The summed E-state index contributed by atoms with van der Waals surface area (Å²) in [5, 5.41) is 0. The Balaban J connectivity index is 1.52. The Morgan fingerprint density at radius 3 is 3.05 bits per heavy atom. The van der Waals surface area contributed by atoms with Gasteiger partial charge in [-0.05, 0) is 55.9 Å². The van der Waals surface area contributed by atoms with E-state index in [9.17, 15) is 4.39 Å². The van der Waals surface area contributed by atoms with Gasteiger partial charge in [0.25, 0.3) is 0 Å². The SMILES string of the molecule is Fc1ccc2c(c1)CCC(COC1CCCCO1)O2. The zero-order valence-electron chi connectivity index (χ0n) is 10.9. The lowest BCUT2D eigenvalue weighted by atomic mass is 10.0. The summed E-state index contributed by atoms with van der Waals surface area (Å²) >= 11 is 0. The number of benzene rings is 1. The average Bonchev–Trinajstić information content (AvgIpc) is 2.46. The molecule has 2 unspecified atom stereocenters. The lowest BCUT2D eigenvalue weighted by Gasteiger charge is -2.29. The zero-order chi connectivity index (χ0) is 13.1. The smallest absolute Gasteiger partial charge is 0.157 e. The highest BCUT2D eigenvalue weighted by molar-refractivity contribution is 5.35. The molecule has 2 aliphatic rings. The molecule has 0 bridgehead atoms. The van der Waals surface area contributed by atoms with Gasteiger partial charge in [0.05, 0.1) is 6.61 Å². The summed E-state index contributed by atoms with van der Waals surface area (Å²) in [6, 6.07) is 4.69. The van der Waals surface area contributed by atoms with Gasteiger partial charge in [-0.15, -0.1) is 0 Å². The van der Waals surface area contributed by atoms with Gasteiger partial charge in [-0.3, -0.25) is 0 Å². The summed E-state index contributed by atoms with van der Waals surface area (Å²) < 4.78 is 30.2. The molecule has 4 heteroatoms. The van der Waals surface area contributed by atoms with Crippen molar-refractivity contribution in [2.24, 2.45) is 0 Å². The third-order valence-electron chi connectivity index (χ3n) is 3.66. The van der Waals surface area contributed by atoms with Crippen molar-refractivity contribution in [3.8, 4) is 5.75 Å². The molecule has 19 heavy (non-hydrogen) atoms. The van der Waals surface area contributed by atoms with E-state index in [1.165, 1.54) is 6.07 Å². The first-order valence-electron chi connectivity index (χ1n) is 6.99. The summed E-state index contributed by atoms with van der Waals surface area (Å²) in [5.41, 5.74) is 0.949. The van der Waals surface area contributed by atoms with Crippen LogP contribution in [0.25, 0.3) is 0 Å². The molecule has 104 valence electrons. The second-order valence-electron chi connectivity index (χ2n) is 5.16. The van der Waals surface area contributed by atoms with Gasteiger partial charge >= 0.3 is 0 Å². The minimum Gasteiger partial charge on any atom is -0.488 e. The number of hydrogen-bond donors (Lipinski definition) is 0. The molecule has 0 aromatic heterocycles. The summed E-state index contributed by atoms with van der Waals surface area (Å²) in [4.78, 5) is 0. The Labute approximate surface area is 112 Å². The van der Waals surface area contributed by atoms with Crippen molar-refractivity contribution >= 4 is 0 Å². The fourth-order valence-electron chi connectivity index (χ4n) is 2.59. The molecular formula is C15H19FO3. The van der Waals surface area contributed by atoms with Crippen LogP contribution in [0.3, 0.4) is 0 Å². The molecule has 0 N–H and O–H groups in total. The van der Waals surface area contributed by atoms with Crippen molar-refractivity contribution in [3.63, 3.8) is 0 Å². The molecule has 0 aliphatic carbocycles. The fraction of sp³-hybridized carbons (Fsp3) is 0.600. The molecule has 0 saturated carbocycles. The van der Waals surface area contributed by atoms with Gasteiger partial charge in [0.2, 0.25) is 0 Å². The van der Waals surface area contributed by atoms with Gasteiger partial charge in [0.1, 0.15) is 17.7 Å². The second kappa shape index (κ2) is 5.88. The van der Waals surface area contributed by atoms with Gasteiger partial charge in [0.15, 0.2) is 6.29 Å². The Hall–Kier alpha value is -1.13. The van der Waals surface area contributed by atoms with Crippen LogP contribution in [0.2, 0.25) is 0 Å². The maximum Gasteiger partial charge on any atom is 0.157 e. The van der Waals surface area contributed by atoms with Crippen LogP contribution in [0.4, 0.5) is 4.39 Å². The Morgan fingerprint density at radius 2 is 2.21 bits per heavy atom. The monoisotopic (exact) mass is 266 g/mol. The topological polar surface area (TPSA) is 27.7 Å². The van der Waals surface area contributed by atoms with Crippen molar-refractivity contribution in [1.82, 2.24) is 0 Å². The van der Waals surface area contributed by atoms with E-state index in [1.807, 2.05) is 0 Å². The van der Waals surface area contributed by atoms with E-state index < -0.39 is 0 Å². The molecule has 1 aromatic carbocycles. The maximum atomic E-state index is 13.1. The van der Waals surface area contributed by atoms with Gasteiger partial charge in [-0.2, -0.15) is 0 Å². The van der Waals surface area contributed by atoms with E-state index in [-0.39, 0.29) is 18.2 Å². The van der Waals surface area contributed by atoms with Crippen LogP contribution < -0.4 is 4.74 Å². The number of hydrogen-bond acceptors (Lipinski definition) is 3. The molecule has 0 radical (unpaired) electrons. The molecule has 2 heterocycles. The van der Waals surface area contributed by atoms with Crippen LogP contribution in [-0.4, -0.2) is 25.6 Å². The fourth-order valence-corrected chi connectivity index (χ4v) is 2.59. The second-order valence-corrected chi connectivity index (χ2v) is 5.16. The number of halogens is 1. The standard InChI is InChI=1S/C15H19FO3/c16-12-5-7-14-11(9-12)4-6-13(19-14)10-18-15-3-1-2-8-17-15/h5,7,9,13,15H,1-4,6,8,10H2. The minimum absolute atomic E-state index is 0.0449. The lowest BCUT2D eigenvalue weighted by molar-refractivity contribution is -0.174. The van der Waals surface area contributed by atoms with Crippen LogP contribution >= 0.6 is 0 Å². The average molecular weight is 266 g/mol. The number of fused-ring (bicyclic) bond motifs is 1. The first-order valence-corrected chi connectivity index (χ1v) is 6.99. The molecule has 1 aromatic rings. The summed E-state index contributed by atoms with van der Waals surface area (Å²) in [6.45, 7) is 1.33. The lowest BCUT2D eigenvalue weighted by Crippen LogP contribution is -2.32. The molecule has 2 atom stereocenters. The van der Waals surface area contributed by atoms with E-state index >= 15 is 0 Å². The zero-order valence-corrected chi connectivity index (χ0v) is 10.9. The predicted octanol–water partition coefficient (Wildman–Crippen LogP) is 3.06. The molecule has 3 nitrogen and oxygen atoms in total. The number of ether oxygens (including phenoxy) is 3. The largest absolute Gasteiger partial charge is 0.488 e. The van der Waals surface area contributed by atoms with Crippen molar-refractivity contribution in [2.75, 3.05) is 13.2 Å². The minimum atomic E-state index is -0.201. The highest BCUT2D eigenvalue weighted by Crippen LogP contribution is 2.28. The van der Waals surface area contributed by atoms with Gasteiger partial charge < -0.3 is 14.2 Å². The van der Waals surface area contributed by atoms with E-state index in [1.54, 1.807) is 12.1 Å². The van der Waals surface area contributed by atoms with E-state index in [2.05, 4.69) is 0 Å². The Morgan fingerprint density at radius 1 is 1.26 bits per heavy atom. The third-order valence-corrected chi connectivity index (χ3v) is 3.66. The Bertz CT molecular complexity index is 429. The van der Waals surface area contributed by atoms with Crippen LogP contribution in [-0.2, 0) is 15.9 Å². The molecule has 0 amide bonds. The van der Waals surface area contributed by atoms with E-state index in [0.29, 0.717) is 6.61 Å². The van der Waals surface area contributed by atoms with Gasteiger partial charge in [0, 0.05) is 6.61 Å². The normalized spacial score (nSPS) is 26.6. The predicted molar refractivity (Wildman–Crippen MR) is 68.7 cm³/mol. The summed E-state index contributed by atoms with van der Waals surface area (Å²) in [5.74, 6) is 0.582. The molecular weight excluding hydrogens is 247 g/mol. The van der Waals surface area contributed by atoms with E-state index in [4.69, 9.17) is 14.2 Å². The Kier molecular flexibility index (Phi) is 3.99. The van der Waals surface area contributed by atoms with Crippen molar-refractivity contribution in [1.29, 1.82) is 0 Å². The highest BCUT2D eigenvalue weighted by Gasteiger charge is 2.22. The van der Waals surface area contributed by atoms with Gasteiger partial charge in [-0.25, -0.2) is 4.39 Å². The first kappa shape index (κ1) is 12.9. The molecule has 2 aliphatic heterocycles. The van der Waals surface area contributed by atoms with Crippen LogP contribution in [0.5, 0.6) is 5.75 Å². The van der Waals surface area contributed by atoms with Crippen LogP contribution in [0, 0.1) is 5.82 Å². The number of aryl methyl sites for hydroxylation is 1. The quantitative estimate of drug-likeness (QED) is 0.841. The van der Waals surface area contributed by atoms with Crippen molar-refractivity contribution < 1.29 is 18.6 Å². The van der Waals surface area contributed by atoms with Crippen molar-refractivity contribution in [3.05, 3.63) is 29.6 Å². The highest BCUT2D eigenvalue weighted by atomic mass is 19.1. The van der Waals surface area contributed by atoms with Gasteiger partial charge in [-0.1, -0.05) is 0 Å². The van der Waals surface area contributed by atoms with Crippen LogP contribution in [0.1, 0.15) is 31.2 Å². The van der Waals surface area contributed by atoms with E-state index in [0.717, 1.165) is 50.0 Å². The molecule has 1 saturated heterocycles. The molecule has 1 fully saturated rings. The molecule has 3 rings (SSSR count). The third kappa shape index (κ3) is 3.25. The van der Waals surface area contributed by atoms with Crippen molar-refractivity contribution in [2.45, 2.75) is 44.5 Å². The van der Waals surface area contributed by atoms with Crippen LogP contribution in [0.15, 0.2) is 18.2 Å². The first-order chi connectivity index (χ1) is 9.31. The summed E-state index contributed by atoms with van der Waals surface area (Å²) in [7, 11) is 0. The summed E-state index contributed by atoms with van der Waals surface area (Å²) in [6.07, 6.45) is 4.93.